The van der Waals surface area contributed by atoms with E-state index >= 15 is 0 Å². The first kappa shape index (κ1) is 18.4. The first-order chi connectivity index (χ1) is 9.10. The number of nitrogens with one attached hydrogen (secondary N) is 2. The van der Waals surface area contributed by atoms with Crippen molar-refractivity contribution in [3.05, 3.63) is 34.6 Å². The van der Waals surface area contributed by atoms with E-state index in [1.807, 2.05) is 26.0 Å². The van der Waals surface area contributed by atoms with Gasteiger partial charge in [-0.15, -0.1) is 0 Å². The summed E-state index contributed by atoms with van der Waals surface area (Å²) in [5.41, 5.74) is 2.64. The molecule has 110 valence electrons. The summed E-state index contributed by atoms with van der Waals surface area (Å²) >= 11 is 4.03. The van der Waals surface area contributed by atoms with Gasteiger partial charge in [0.1, 0.15) is 5.82 Å². The molecule has 0 spiro atoms. The number of aliphatic hydroxyl groups is 1. The van der Waals surface area contributed by atoms with E-state index in [1.165, 1.54) is 0 Å². The zero-order valence-electron chi connectivity index (χ0n) is 12.0. The Morgan fingerprint density at radius 1 is 1.32 bits per heavy atom. The summed E-state index contributed by atoms with van der Waals surface area (Å²) in [5, 5.41) is 13.8. The Morgan fingerprint density at radius 2 is 1.95 bits per heavy atom. The van der Waals surface area contributed by atoms with E-state index in [-0.39, 0.29) is 12.4 Å². The number of likely N-dealkylation sites (N-methyl/N-ethyl adjacent to an activating group) is 1. The molecule has 0 amide bonds. The van der Waals surface area contributed by atoms with Gasteiger partial charge in [0.25, 0.3) is 0 Å². The zero-order valence-corrected chi connectivity index (χ0v) is 12.9. The third-order valence-corrected chi connectivity index (χ3v) is 2.76. The maximum atomic E-state index is 13.7. The predicted molar refractivity (Wildman–Crippen MR) is 82.2 cm³/mol. The average Bonchev–Trinajstić information content (AvgIpc) is 2.41. The van der Waals surface area contributed by atoms with Gasteiger partial charge in [0.05, 0.1) is 6.61 Å². The summed E-state index contributed by atoms with van der Waals surface area (Å²) in [6.07, 6.45) is 0.737. The fraction of sp³-hybridized carbons (Fsp3) is 0.571. The van der Waals surface area contributed by atoms with E-state index in [4.69, 9.17) is 5.11 Å². The van der Waals surface area contributed by atoms with Crippen molar-refractivity contribution >= 4 is 12.6 Å². The quantitative estimate of drug-likeness (QED) is 0.477. The van der Waals surface area contributed by atoms with Gasteiger partial charge in [0, 0.05) is 24.5 Å². The highest BCUT2D eigenvalue weighted by atomic mass is 32.1. The number of rotatable bonds is 6. The number of hydrogen-bond acceptors (Lipinski definition) is 4. The minimum absolute atomic E-state index is 0.0765. The first-order valence-corrected chi connectivity index (χ1v) is 7.08. The van der Waals surface area contributed by atoms with Gasteiger partial charge in [0.2, 0.25) is 0 Å². The van der Waals surface area contributed by atoms with Crippen LogP contribution in [0.5, 0.6) is 0 Å². The molecule has 0 saturated heterocycles. The third kappa shape index (κ3) is 7.52. The molecule has 1 aromatic rings. The molecule has 0 aromatic heterocycles. The number of benzene rings is 1. The maximum absolute atomic E-state index is 13.7. The van der Waals surface area contributed by atoms with E-state index in [2.05, 4.69) is 23.3 Å². The van der Waals surface area contributed by atoms with E-state index in [1.54, 1.807) is 7.05 Å². The van der Waals surface area contributed by atoms with Gasteiger partial charge in [0.15, 0.2) is 0 Å². The normalized spacial score (nSPS) is 10.0. The molecule has 19 heavy (non-hydrogen) atoms. The minimum atomic E-state index is -0.0765. The molecule has 0 saturated carbocycles. The molecule has 0 unspecified atom stereocenters. The van der Waals surface area contributed by atoms with E-state index in [0.29, 0.717) is 19.0 Å². The number of hydrogen-bond donors (Lipinski definition) is 4. The van der Waals surface area contributed by atoms with Crippen molar-refractivity contribution in [2.75, 3.05) is 26.1 Å². The molecule has 0 fully saturated rings. The number of aliphatic hydroxyl groups excluding tert-OH is 1. The second-order valence-electron chi connectivity index (χ2n) is 4.16. The fourth-order valence-corrected chi connectivity index (χ4v) is 1.72. The summed E-state index contributed by atoms with van der Waals surface area (Å²) in [6.45, 7) is 5.43. The Bertz CT molecular complexity index is 360. The molecule has 3 N–H and O–H groups in total. The summed E-state index contributed by atoms with van der Waals surface area (Å²) in [6, 6.07) is 3.78. The SMILES string of the molecule is CCc1cc(C)cc(CNCS)c1F.CNCCO. The molecule has 0 aliphatic heterocycles. The fourth-order valence-electron chi connectivity index (χ4n) is 1.61. The molecule has 1 rings (SSSR count). The van der Waals surface area contributed by atoms with Gasteiger partial charge < -0.3 is 15.7 Å². The number of thiol groups is 1. The summed E-state index contributed by atoms with van der Waals surface area (Å²) in [5.74, 6) is 0.488. The molecule has 0 bridgehead atoms. The second kappa shape index (κ2) is 11.2. The molecule has 0 atom stereocenters. The Morgan fingerprint density at radius 3 is 2.37 bits per heavy atom. The number of aryl methyl sites for hydroxylation is 2. The van der Waals surface area contributed by atoms with Gasteiger partial charge in [-0.2, -0.15) is 12.6 Å². The van der Waals surface area contributed by atoms with Crippen LogP contribution in [0, 0.1) is 12.7 Å². The standard InChI is InChI=1S/C11H16FNS.C3H9NO/c1-3-9-4-8(2)5-10(11(9)12)6-13-7-14;1-4-2-3-5/h4-5,13-14H,3,6-7H2,1-2H3;4-5H,2-3H2,1H3. The summed E-state index contributed by atoms with van der Waals surface area (Å²) < 4.78 is 13.7. The lowest BCUT2D eigenvalue weighted by atomic mass is 10.0. The highest BCUT2D eigenvalue weighted by Crippen LogP contribution is 2.16. The lowest BCUT2D eigenvalue weighted by Gasteiger charge is -2.09. The van der Waals surface area contributed by atoms with Crippen LogP contribution >= 0.6 is 12.6 Å². The highest BCUT2D eigenvalue weighted by Gasteiger charge is 2.07. The molecule has 0 aliphatic rings. The summed E-state index contributed by atoms with van der Waals surface area (Å²) in [4.78, 5) is 0. The van der Waals surface area contributed by atoms with Crippen LogP contribution in [-0.2, 0) is 13.0 Å². The van der Waals surface area contributed by atoms with Crippen molar-refractivity contribution in [3.63, 3.8) is 0 Å². The average molecular weight is 288 g/mol. The molecule has 3 nitrogen and oxygen atoms in total. The minimum Gasteiger partial charge on any atom is -0.395 e. The van der Waals surface area contributed by atoms with Crippen LogP contribution in [0.2, 0.25) is 0 Å². The Balaban J connectivity index is 0.000000555. The maximum Gasteiger partial charge on any atom is 0.130 e. The van der Waals surface area contributed by atoms with Gasteiger partial charge in [-0.3, -0.25) is 0 Å². The monoisotopic (exact) mass is 288 g/mol. The van der Waals surface area contributed by atoms with Crippen LogP contribution in [0.15, 0.2) is 12.1 Å². The lowest BCUT2D eigenvalue weighted by Crippen LogP contribution is -2.12. The third-order valence-electron chi connectivity index (χ3n) is 2.54. The molecule has 5 heteroatoms. The van der Waals surface area contributed by atoms with E-state index in [0.717, 1.165) is 23.1 Å². The molecule has 0 aliphatic carbocycles. The van der Waals surface area contributed by atoms with Crippen molar-refractivity contribution in [3.8, 4) is 0 Å². The Kier molecular flexibility index (Phi) is 10.9. The van der Waals surface area contributed by atoms with Crippen molar-refractivity contribution in [1.82, 2.24) is 10.6 Å². The van der Waals surface area contributed by atoms with E-state index < -0.39 is 0 Å². The first-order valence-electron chi connectivity index (χ1n) is 6.45. The van der Waals surface area contributed by atoms with Gasteiger partial charge in [-0.25, -0.2) is 4.39 Å². The van der Waals surface area contributed by atoms with Crippen molar-refractivity contribution in [2.24, 2.45) is 0 Å². The van der Waals surface area contributed by atoms with Gasteiger partial charge in [-0.05, 0) is 26.0 Å². The molecular weight excluding hydrogens is 263 g/mol. The smallest absolute Gasteiger partial charge is 0.130 e. The lowest BCUT2D eigenvalue weighted by molar-refractivity contribution is 0.296. The van der Waals surface area contributed by atoms with E-state index in [9.17, 15) is 4.39 Å². The van der Waals surface area contributed by atoms with Crippen LogP contribution < -0.4 is 10.6 Å². The number of halogens is 1. The molecule has 1 aromatic carbocycles. The van der Waals surface area contributed by atoms with Crippen molar-refractivity contribution in [2.45, 2.75) is 26.8 Å². The molecule has 0 heterocycles. The van der Waals surface area contributed by atoms with Gasteiger partial charge in [-0.1, -0.05) is 24.6 Å². The van der Waals surface area contributed by atoms with Crippen molar-refractivity contribution < 1.29 is 9.50 Å². The van der Waals surface area contributed by atoms with Crippen LogP contribution in [0.4, 0.5) is 4.39 Å². The highest BCUT2D eigenvalue weighted by molar-refractivity contribution is 7.80. The second-order valence-corrected chi connectivity index (χ2v) is 4.48. The zero-order chi connectivity index (χ0) is 14.7. The van der Waals surface area contributed by atoms with Crippen molar-refractivity contribution in [1.29, 1.82) is 0 Å². The van der Waals surface area contributed by atoms with Gasteiger partial charge >= 0.3 is 0 Å². The molecular formula is C14H25FN2OS. The van der Waals surface area contributed by atoms with Crippen LogP contribution in [0.25, 0.3) is 0 Å². The Hall–Kier alpha value is -0.620. The van der Waals surface area contributed by atoms with Crippen LogP contribution in [-0.4, -0.2) is 31.2 Å². The van der Waals surface area contributed by atoms with Crippen LogP contribution in [0.3, 0.4) is 0 Å². The largest absolute Gasteiger partial charge is 0.395 e. The topological polar surface area (TPSA) is 44.3 Å². The van der Waals surface area contributed by atoms with Crippen LogP contribution in [0.1, 0.15) is 23.6 Å². The molecule has 0 radical (unpaired) electrons. The predicted octanol–water partition coefficient (Wildman–Crippen LogP) is 1.87. The Labute approximate surface area is 121 Å². The summed E-state index contributed by atoms with van der Waals surface area (Å²) in [7, 11) is 1.80.